The maximum atomic E-state index is 12.4. The maximum absolute atomic E-state index is 12.4. The summed E-state index contributed by atoms with van der Waals surface area (Å²) < 4.78 is 0. The van der Waals surface area contributed by atoms with E-state index in [1.165, 1.54) is 12.8 Å². The van der Waals surface area contributed by atoms with Crippen molar-refractivity contribution in [1.29, 1.82) is 0 Å². The molecule has 3 N–H and O–H groups in total. The summed E-state index contributed by atoms with van der Waals surface area (Å²) in [6.45, 7) is 5.19. The van der Waals surface area contributed by atoms with Crippen molar-refractivity contribution in [2.24, 2.45) is 0 Å². The lowest BCUT2D eigenvalue weighted by molar-refractivity contribution is 0.0937. The van der Waals surface area contributed by atoms with Crippen molar-refractivity contribution < 1.29 is 4.79 Å². The monoisotopic (exact) mass is 273 g/mol. The molecule has 1 saturated heterocycles. The summed E-state index contributed by atoms with van der Waals surface area (Å²) in [5.41, 5.74) is 8.09. The first-order valence-electron chi connectivity index (χ1n) is 7.47. The number of aryl methyl sites for hydroxylation is 1. The van der Waals surface area contributed by atoms with Gasteiger partial charge in [0.2, 0.25) is 0 Å². The molecule has 1 saturated carbocycles. The van der Waals surface area contributed by atoms with Crippen LogP contribution in [0.5, 0.6) is 0 Å². The topological polar surface area (TPSA) is 58.4 Å². The van der Waals surface area contributed by atoms with Gasteiger partial charge in [0.15, 0.2) is 0 Å². The van der Waals surface area contributed by atoms with Gasteiger partial charge in [0, 0.05) is 35.9 Å². The summed E-state index contributed by atoms with van der Waals surface area (Å²) in [5.74, 6) is 0.00430. The molecule has 108 valence electrons. The SMILES string of the molecule is Cc1ccc(N)cc1C(=O)NC1CC(C)N(C2CC2)C1. The molecule has 0 aromatic heterocycles. The molecule has 1 amide bonds. The van der Waals surface area contributed by atoms with Crippen LogP contribution in [0.15, 0.2) is 18.2 Å². The van der Waals surface area contributed by atoms with Gasteiger partial charge in [-0.2, -0.15) is 0 Å². The summed E-state index contributed by atoms with van der Waals surface area (Å²) in [6, 6.07) is 7.10. The maximum Gasteiger partial charge on any atom is 0.251 e. The minimum Gasteiger partial charge on any atom is -0.399 e. The predicted octanol–water partition coefficient (Wildman–Crippen LogP) is 1.93. The molecule has 1 aliphatic heterocycles. The number of nitrogens with zero attached hydrogens (tertiary/aromatic N) is 1. The molecule has 3 rings (SSSR count). The number of anilines is 1. The van der Waals surface area contributed by atoms with Crippen LogP contribution >= 0.6 is 0 Å². The van der Waals surface area contributed by atoms with E-state index in [0.717, 1.165) is 24.6 Å². The van der Waals surface area contributed by atoms with Crippen molar-refractivity contribution in [2.75, 3.05) is 12.3 Å². The Morgan fingerprint density at radius 1 is 1.40 bits per heavy atom. The van der Waals surface area contributed by atoms with Crippen molar-refractivity contribution in [3.8, 4) is 0 Å². The molecular formula is C16H23N3O. The van der Waals surface area contributed by atoms with E-state index in [2.05, 4.69) is 17.1 Å². The summed E-state index contributed by atoms with van der Waals surface area (Å²) >= 11 is 0. The average Bonchev–Trinajstić information content (AvgIpc) is 3.17. The molecule has 1 aliphatic carbocycles. The number of benzene rings is 1. The van der Waals surface area contributed by atoms with Gasteiger partial charge in [-0.15, -0.1) is 0 Å². The van der Waals surface area contributed by atoms with Gasteiger partial charge in [-0.25, -0.2) is 0 Å². The van der Waals surface area contributed by atoms with Gasteiger partial charge in [0.25, 0.3) is 5.91 Å². The van der Waals surface area contributed by atoms with Gasteiger partial charge < -0.3 is 11.1 Å². The van der Waals surface area contributed by atoms with E-state index in [0.29, 0.717) is 17.3 Å². The molecular weight excluding hydrogens is 250 g/mol. The molecule has 2 unspecified atom stereocenters. The third-order valence-electron chi connectivity index (χ3n) is 4.48. The summed E-state index contributed by atoms with van der Waals surface area (Å²) in [4.78, 5) is 14.9. The van der Waals surface area contributed by atoms with Crippen LogP contribution in [-0.2, 0) is 0 Å². The molecule has 2 atom stereocenters. The highest BCUT2D eigenvalue weighted by Crippen LogP contribution is 2.33. The third kappa shape index (κ3) is 2.66. The van der Waals surface area contributed by atoms with Crippen molar-refractivity contribution in [3.05, 3.63) is 29.3 Å². The molecule has 2 fully saturated rings. The fourth-order valence-corrected chi connectivity index (χ4v) is 3.22. The van der Waals surface area contributed by atoms with Crippen molar-refractivity contribution in [3.63, 3.8) is 0 Å². The van der Waals surface area contributed by atoms with Gasteiger partial charge in [0.05, 0.1) is 0 Å². The van der Waals surface area contributed by atoms with Gasteiger partial charge in [-0.05, 0) is 50.8 Å². The molecule has 4 nitrogen and oxygen atoms in total. The lowest BCUT2D eigenvalue weighted by Crippen LogP contribution is -2.38. The quantitative estimate of drug-likeness (QED) is 0.827. The van der Waals surface area contributed by atoms with Gasteiger partial charge in [0.1, 0.15) is 0 Å². The number of likely N-dealkylation sites (tertiary alicyclic amines) is 1. The fraction of sp³-hybridized carbons (Fsp3) is 0.562. The van der Waals surface area contributed by atoms with E-state index in [4.69, 9.17) is 5.73 Å². The predicted molar refractivity (Wildman–Crippen MR) is 80.7 cm³/mol. The van der Waals surface area contributed by atoms with Crippen LogP contribution in [0.25, 0.3) is 0 Å². The summed E-state index contributed by atoms with van der Waals surface area (Å²) in [6.07, 6.45) is 3.68. The van der Waals surface area contributed by atoms with Crippen LogP contribution in [0.2, 0.25) is 0 Å². The Morgan fingerprint density at radius 3 is 2.85 bits per heavy atom. The average molecular weight is 273 g/mol. The van der Waals surface area contributed by atoms with E-state index in [1.54, 1.807) is 6.07 Å². The number of nitrogen functional groups attached to an aromatic ring is 1. The molecule has 20 heavy (non-hydrogen) atoms. The molecule has 4 heteroatoms. The first-order valence-corrected chi connectivity index (χ1v) is 7.47. The number of carbonyl (C=O) groups excluding carboxylic acids is 1. The smallest absolute Gasteiger partial charge is 0.251 e. The standard InChI is InChI=1S/C16H23N3O/c1-10-3-4-12(17)8-15(10)16(20)18-13-7-11(2)19(9-13)14-5-6-14/h3-4,8,11,13-14H,5-7,9,17H2,1-2H3,(H,18,20). The normalized spacial score (nSPS) is 26.7. The second-order valence-electron chi connectivity index (χ2n) is 6.26. The number of carbonyl (C=O) groups is 1. The van der Waals surface area contributed by atoms with Gasteiger partial charge >= 0.3 is 0 Å². The molecule has 0 bridgehead atoms. The number of amides is 1. The third-order valence-corrected chi connectivity index (χ3v) is 4.48. The van der Waals surface area contributed by atoms with Crippen LogP contribution in [0, 0.1) is 6.92 Å². The van der Waals surface area contributed by atoms with Crippen molar-refractivity contribution >= 4 is 11.6 Å². The Labute approximate surface area is 120 Å². The van der Waals surface area contributed by atoms with Crippen LogP contribution < -0.4 is 11.1 Å². The Hall–Kier alpha value is -1.55. The molecule has 1 heterocycles. The van der Waals surface area contributed by atoms with E-state index < -0.39 is 0 Å². The van der Waals surface area contributed by atoms with E-state index in [-0.39, 0.29) is 11.9 Å². The molecule has 0 spiro atoms. The Morgan fingerprint density at radius 2 is 2.15 bits per heavy atom. The minimum atomic E-state index is 0.00430. The van der Waals surface area contributed by atoms with E-state index in [1.807, 2.05) is 19.1 Å². The first kappa shape index (κ1) is 13.4. The molecule has 1 aromatic rings. The summed E-state index contributed by atoms with van der Waals surface area (Å²) in [5, 5.41) is 3.17. The van der Waals surface area contributed by atoms with Gasteiger partial charge in [-0.3, -0.25) is 9.69 Å². The number of rotatable bonds is 3. The fourth-order valence-electron chi connectivity index (χ4n) is 3.22. The Kier molecular flexibility index (Phi) is 3.42. The minimum absolute atomic E-state index is 0.00430. The van der Waals surface area contributed by atoms with Crippen LogP contribution in [0.4, 0.5) is 5.69 Å². The Bertz CT molecular complexity index is 524. The zero-order valence-corrected chi connectivity index (χ0v) is 12.2. The first-order chi connectivity index (χ1) is 9.54. The number of nitrogens with two attached hydrogens (primary N) is 1. The number of hydrogen-bond donors (Lipinski definition) is 2. The summed E-state index contributed by atoms with van der Waals surface area (Å²) in [7, 11) is 0. The lowest BCUT2D eigenvalue weighted by Gasteiger charge is -2.19. The van der Waals surface area contributed by atoms with Gasteiger partial charge in [-0.1, -0.05) is 6.07 Å². The highest BCUT2D eigenvalue weighted by atomic mass is 16.1. The number of hydrogen-bond acceptors (Lipinski definition) is 3. The number of nitrogens with one attached hydrogen (secondary N) is 1. The van der Waals surface area contributed by atoms with E-state index >= 15 is 0 Å². The van der Waals surface area contributed by atoms with Crippen molar-refractivity contribution in [2.45, 2.75) is 51.2 Å². The zero-order chi connectivity index (χ0) is 14.3. The highest BCUT2D eigenvalue weighted by Gasteiger charge is 2.39. The molecule has 2 aliphatic rings. The zero-order valence-electron chi connectivity index (χ0n) is 12.2. The van der Waals surface area contributed by atoms with Crippen molar-refractivity contribution in [1.82, 2.24) is 10.2 Å². The molecule has 1 aromatic carbocycles. The second-order valence-corrected chi connectivity index (χ2v) is 6.26. The Balaban J connectivity index is 1.66. The van der Waals surface area contributed by atoms with E-state index in [9.17, 15) is 4.79 Å². The van der Waals surface area contributed by atoms with Crippen LogP contribution in [0.1, 0.15) is 42.1 Å². The largest absolute Gasteiger partial charge is 0.399 e. The highest BCUT2D eigenvalue weighted by molar-refractivity contribution is 5.96. The van der Waals surface area contributed by atoms with Crippen LogP contribution in [0.3, 0.4) is 0 Å². The van der Waals surface area contributed by atoms with Crippen LogP contribution in [-0.4, -0.2) is 35.5 Å². The lowest BCUT2D eigenvalue weighted by atomic mass is 10.1. The second kappa shape index (κ2) is 5.09. The molecule has 0 radical (unpaired) electrons.